The highest BCUT2D eigenvalue weighted by Crippen LogP contribution is 2.37. The molecule has 1 saturated heterocycles. The number of fused-ring (bicyclic) bond motifs is 1. The number of imidazole rings is 1. The fourth-order valence-electron chi connectivity index (χ4n) is 6.00. The second-order valence-electron chi connectivity index (χ2n) is 14.9. The standard InChI is InChI=1S/C22H26N6O4.C13H25NO5/c29-10-14-6-16(20(32)19(14)31)28-12-25-18-21(23-11-24-22(18)28)26-15-7-17(30)27(9-15)8-13-4-2-1-3-5-13;1-12(2,3)18-10(16)7-9(8-15)14-11(17)19-13(4,5)6/h1-5,11-12,14-16,19-20,29,31-32H,6-10H2,(H,23,24,26);9,15H,7-8H2,1-6H3,(H,14,17)/t14-,15+,16-,19-,20+;9-/m10/s1. The molecule has 1 saturated carbocycles. The van der Waals surface area contributed by atoms with Gasteiger partial charge < -0.3 is 50.0 Å². The molecular formula is C35H51N7O9. The molecule has 2 aromatic heterocycles. The molecule has 16 heteroatoms. The number of ether oxygens (including phenoxy) is 2. The molecule has 2 amide bonds. The molecule has 3 aromatic rings. The van der Waals surface area contributed by atoms with Crippen LogP contribution in [0.4, 0.5) is 10.6 Å². The number of aliphatic hydroxyl groups is 4. The molecular weight excluding hydrogens is 662 g/mol. The number of nitrogens with one attached hydrogen (secondary N) is 2. The molecule has 3 heterocycles. The van der Waals surface area contributed by atoms with Gasteiger partial charge in [0.2, 0.25) is 5.91 Å². The zero-order chi connectivity index (χ0) is 37.5. The molecule has 1 aliphatic heterocycles. The highest BCUT2D eigenvalue weighted by molar-refractivity contribution is 5.84. The lowest BCUT2D eigenvalue weighted by atomic mass is 10.1. The Morgan fingerprint density at radius 2 is 1.67 bits per heavy atom. The molecule has 6 N–H and O–H groups in total. The number of anilines is 1. The third kappa shape index (κ3) is 11.1. The summed E-state index contributed by atoms with van der Waals surface area (Å²) in [5.41, 5.74) is 0.931. The summed E-state index contributed by atoms with van der Waals surface area (Å²) in [6.07, 6.45) is 0.988. The number of amides is 2. The molecule has 280 valence electrons. The molecule has 6 atom stereocenters. The van der Waals surface area contributed by atoms with Crippen LogP contribution in [0.15, 0.2) is 43.0 Å². The van der Waals surface area contributed by atoms with Crippen LogP contribution in [0.3, 0.4) is 0 Å². The zero-order valence-electron chi connectivity index (χ0n) is 30.0. The Balaban J connectivity index is 0.000000265. The Kier molecular flexibility index (Phi) is 12.9. The maximum absolute atomic E-state index is 12.5. The average molecular weight is 714 g/mol. The summed E-state index contributed by atoms with van der Waals surface area (Å²) in [6, 6.07) is 8.62. The van der Waals surface area contributed by atoms with Gasteiger partial charge in [-0.2, -0.15) is 0 Å². The quantitative estimate of drug-likeness (QED) is 0.166. The molecule has 51 heavy (non-hydrogen) atoms. The van der Waals surface area contributed by atoms with E-state index in [1.807, 2.05) is 35.2 Å². The van der Waals surface area contributed by atoms with E-state index in [9.17, 15) is 29.7 Å². The second kappa shape index (κ2) is 16.8. The lowest BCUT2D eigenvalue weighted by Crippen LogP contribution is -2.42. The van der Waals surface area contributed by atoms with Gasteiger partial charge in [0.25, 0.3) is 0 Å². The minimum absolute atomic E-state index is 0.0836. The molecule has 0 radical (unpaired) electrons. The Morgan fingerprint density at radius 1 is 0.980 bits per heavy atom. The van der Waals surface area contributed by atoms with Gasteiger partial charge in [-0.3, -0.25) is 9.59 Å². The van der Waals surface area contributed by atoms with Crippen LogP contribution in [0.1, 0.15) is 72.4 Å². The monoisotopic (exact) mass is 713 g/mol. The highest BCUT2D eigenvalue weighted by atomic mass is 16.6. The molecule has 16 nitrogen and oxygen atoms in total. The van der Waals surface area contributed by atoms with Crippen molar-refractivity contribution in [3.63, 3.8) is 0 Å². The van der Waals surface area contributed by atoms with Gasteiger partial charge in [0.1, 0.15) is 29.2 Å². The summed E-state index contributed by atoms with van der Waals surface area (Å²) in [7, 11) is 0. The van der Waals surface area contributed by atoms with Gasteiger partial charge >= 0.3 is 12.1 Å². The van der Waals surface area contributed by atoms with Crippen molar-refractivity contribution in [2.75, 3.05) is 25.1 Å². The summed E-state index contributed by atoms with van der Waals surface area (Å²) in [4.78, 5) is 50.5. The lowest BCUT2D eigenvalue weighted by Gasteiger charge is -2.24. The molecule has 0 bridgehead atoms. The number of hydrogen-bond donors (Lipinski definition) is 6. The van der Waals surface area contributed by atoms with Crippen molar-refractivity contribution in [1.29, 1.82) is 0 Å². The minimum Gasteiger partial charge on any atom is -0.460 e. The van der Waals surface area contributed by atoms with Crippen LogP contribution in [0.25, 0.3) is 11.2 Å². The second-order valence-corrected chi connectivity index (χ2v) is 14.9. The van der Waals surface area contributed by atoms with E-state index in [0.717, 1.165) is 5.56 Å². The summed E-state index contributed by atoms with van der Waals surface area (Å²) in [6.45, 7) is 11.0. The summed E-state index contributed by atoms with van der Waals surface area (Å²) < 4.78 is 11.9. The number of benzene rings is 1. The van der Waals surface area contributed by atoms with Gasteiger partial charge in [-0.25, -0.2) is 19.7 Å². The molecule has 1 aliphatic carbocycles. The Labute approximate surface area is 297 Å². The molecule has 2 fully saturated rings. The van der Waals surface area contributed by atoms with E-state index >= 15 is 0 Å². The van der Waals surface area contributed by atoms with Crippen LogP contribution >= 0.6 is 0 Å². The van der Waals surface area contributed by atoms with Crippen molar-refractivity contribution in [3.05, 3.63) is 48.5 Å². The largest absolute Gasteiger partial charge is 0.460 e. The van der Waals surface area contributed by atoms with E-state index in [0.29, 0.717) is 42.9 Å². The van der Waals surface area contributed by atoms with Crippen molar-refractivity contribution in [1.82, 2.24) is 29.7 Å². The van der Waals surface area contributed by atoms with Crippen LogP contribution < -0.4 is 10.6 Å². The number of rotatable bonds is 10. The number of aromatic nitrogens is 4. The Bertz CT molecular complexity index is 1590. The van der Waals surface area contributed by atoms with Crippen LogP contribution in [0, 0.1) is 5.92 Å². The van der Waals surface area contributed by atoms with Gasteiger partial charge in [0, 0.05) is 32.0 Å². The smallest absolute Gasteiger partial charge is 0.407 e. The van der Waals surface area contributed by atoms with Crippen molar-refractivity contribution < 1.29 is 44.3 Å². The summed E-state index contributed by atoms with van der Waals surface area (Å²) in [5, 5.41) is 45.0. The van der Waals surface area contributed by atoms with Gasteiger partial charge in [0.15, 0.2) is 11.5 Å². The molecule has 1 aromatic carbocycles. The first kappa shape index (κ1) is 39.4. The summed E-state index contributed by atoms with van der Waals surface area (Å²) in [5.74, 6) is -0.269. The number of hydrogen-bond acceptors (Lipinski definition) is 13. The van der Waals surface area contributed by atoms with Crippen LogP contribution in [-0.2, 0) is 25.6 Å². The van der Waals surface area contributed by atoms with Gasteiger partial charge in [-0.1, -0.05) is 30.3 Å². The number of likely N-dealkylation sites (tertiary alicyclic amines) is 1. The predicted octanol–water partition coefficient (Wildman–Crippen LogP) is 1.92. The third-order valence-electron chi connectivity index (χ3n) is 8.27. The van der Waals surface area contributed by atoms with Gasteiger partial charge in [-0.15, -0.1) is 0 Å². The number of carbonyl (C=O) groups is 3. The first-order valence-electron chi connectivity index (χ1n) is 17.0. The highest BCUT2D eigenvalue weighted by Gasteiger charge is 2.43. The number of esters is 1. The maximum atomic E-state index is 12.5. The van der Waals surface area contributed by atoms with Crippen molar-refractivity contribution in [2.45, 2.75) is 109 Å². The van der Waals surface area contributed by atoms with E-state index < -0.39 is 53.5 Å². The van der Waals surface area contributed by atoms with Crippen LogP contribution in [0.5, 0.6) is 0 Å². The van der Waals surface area contributed by atoms with Crippen LogP contribution in [0.2, 0.25) is 0 Å². The predicted molar refractivity (Wildman–Crippen MR) is 186 cm³/mol. The molecule has 0 spiro atoms. The fourth-order valence-corrected chi connectivity index (χ4v) is 6.00. The Morgan fingerprint density at radius 3 is 2.27 bits per heavy atom. The first-order valence-corrected chi connectivity index (χ1v) is 17.0. The third-order valence-corrected chi connectivity index (χ3v) is 8.27. The van der Waals surface area contributed by atoms with E-state index in [4.69, 9.17) is 14.6 Å². The topological polar surface area (TPSA) is 221 Å². The SMILES string of the molecule is CC(C)(C)OC(=O)C[C@@H](CO)NC(=O)OC(C)(C)C.O=C1C[C@H](Nc2ncnc3c2ncn3[C@@H]2C[C@H](CO)[C@@H](O)[C@H]2O)CN1Cc1ccccc1. The fraction of sp³-hybridized carbons (Fsp3) is 0.600. The maximum Gasteiger partial charge on any atom is 0.407 e. The van der Waals surface area contributed by atoms with Crippen molar-refractivity contribution >= 4 is 35.0 Å². The number of carbonyl (C=O) groups excluding carboxylic acids is 3. The first-order chi connectivity index (χ1) is 24.0. The van der Waals surface area contributed by atoms with E-state index in [2.05, 4.69) is 25.6 Å². The van der Waals surface area contributed by atoms with Crippen molar-refractivity contribution in [2.24, 2.45) is 5.92 Å². The summed E-state index contributed by atoms with van der Waals surface area (Å²) >= 11 is 0. The van der Waals surface area contributed by atoms with Crippen molar-refractivity contribution in [3.8, 4) is 0 Å². The number of alkyl carbamates (subject to hydrolysis) is 1. The Hall–Kier alpha value is -4.38. The number of nitrogens with zero attached hydrogens (tertiary/aromatic N) is 5. The zero-order valence-corrected chi connectivity index (χ0v) is 30.0. The van der Waals surface area contributed by atoms with Gasteiger partial charge in [-0.05, 0) is 53.5 Å². The molecule has 5 rings (SSSR count). The van der Waals surface area contributed by atoms with E-state index in [-0.39, 0.29) is 31.6 Å². The van der Waals surface area contributed by atoms with Gasteiger partial charge in [0.05, 0.1) is 43.6 Å². The lowest BCUT2D eigenvalue weighted by molar-refractivity contribution is -0.155. The van der Waals surface area contributed by atoms with Crippen LogP contribution in [-0.4, -0.2) is 118 Å². The normalized spacial score (nSPS) is 22.7. The van der Waals surface area contributed by atoms with E-state index in [1.165, 1.54) is 6.33 Å². The average Bonchev–Trinajstić information content (AvgIpc) is 3.70. The molecule has 0 unspecified atom stereocenters. The molecule has 2 aliphatic rings. The van der Waals surface area contributed by atoms with E-state index in [1.54, 1.807) is 52.4 Å². The minimum atomic E-state index is -1.02. The number of aliphatic hydroxyl groups excluding tert-OH is 4.